The molecule has 1 aliphatic rings. The molecule has 0 saturated carbocycles. The normalized spacial score (nSPS) is 15.3. The molecule has 3 amide bonds. The fourth-order valence-corrected chi connectivity index (χ4v) is 5.53. The van der Waals surface area contributed by atoms with Crippen molar-refractivity contribution in [2.24, 2.45) is 4.99 Å². The molecule has 1 saturated heterocycles. The second kappa shape index (κ2) is 13.1. The Hall–Kier alpha value is -4.90. The summed E-state index contributed by atoms with van der Waals surface area (Å²) >= 11 is 0.909. The Morgan fingerprint density at radius 2 is 1.74 bits per heavy atom. The minimum atomic E-state index is -4.81. The number of carbonyl (C=O) groups is 2. The number of amidine groups is 1. The molecule has 0 spiro atoms. The highest BCUT2D eigenvalue weighted by Gasteiger charge is 2.44. The molecule has 47 heavy (non-hydrogen) atoms. The first-order valence-corrected chi connectivity index (χ1v) is 14.6. The highest BCUT2D eigenvalue weighted by molar-refractivity contribution is 8.15. The number of anilines is 2. The molecule has 4 aromatic rings. The first-order chi connectivity index (χ1) is 22.1. The smallest absolute Gasteiger partial charge is 0.406 e. The van der Waals surface area contributed by atoms with E-state index in [1.807, 2.05) is 0 Å². The molecule has 1 aliphatic heterocycles. The average molecular weight is 679 g/mol. The number of alkyl halides is 6. The van der Waals surface area contributed by atoms with Crippen LogP contribution in [-0.2, 0) is 9.53 Å². The quantitative estimate of drug-likeness (QED) is 0.203. The Kier molecular flexibility index (Phi) is 9.31. The number of benzene rings is 3. The van der Waals surface area contributed by atoms with Crippen LogP contribution >= 0.6 is 11.8 Å². The third-order valence-electron chi connectivity index (χ3n) is 6.76. The number of methoxy groups -OCH3 is 1. The number of aliphatic imine (C=N–C) groups is 1. The van der Waals surface area contributed by atoms with Crippen molar-refractivity contribution in [2.75, 3.05) is 23.1 Å². The van der Waals surface area contributed by atoms with Crippen molar-refractivity contribution >= 4 is 40.2 Å². The summed E-state index contributed by atoms with van der Waals surface area (Å²) in [6.07, 6.45) is -10.5. The highest BCUT2D eigenvalue weighted by Crippen LogP contribution is 2.42. The SMILES string of the molecule is COC(c1ccc(C)cc1N1C(=O)CS/C1=N\C(=O)Nc1ccc(-n2cnc(-c3ccc(OC(F)(F)F)cc3)n2)cc1C)C(F)(F)F. The Labute approximate surface area is 267 Å². The third kappa shape index (κ3) is 7.74. The number of ether oxygens (including phenoxy) is 2. The Morgan fingerprint density at radius 1 is 1.02 bits per heavy atom. The number of hydrogen-bond donors (Lipinski definition) is 1. The van der Waals surface area contributed by atoms with Crippen LogP contribution < -0.4 is 15.0 Å². The predicted octanol–water partition coefficient (Wildman–Crippen LogP) is 7.37. The molecule has 0 radical (unpaired) electrons. The molecule has 0 aliphatic carbocycles. The lowest BCUT2D eigenvalue weighted by atomic mass is 10.0. The number of halogens is 6. The summed E-state index contributed by atoms with van der Waals surface area (Å²) < 4.78 is 88.6. The van der Waals surface area contributed by atoms with Crippen molar-refractivity contribution in [1.29, 1.82) is 0 Å². The molecule has 1 aromatic heterocycles. The van der Waals surface area contributed by atoms with E-state index in [4.69, 9.17) is 4.74 Å². The number of thioether (sulfide) groups is 1. The average Bonchev–Trinajstić information content (AvgIpc) is 3.61. The van der Waals surface area contributed by atoms with Crippen molar-refractivity contribution in [1.82, 2.24) is 14.8 Å². The van der Waals surface area contributed by atoms with E-state index in [1.54, 1.807) is 32.0 Å². The van der Waals surface area contributed by atoms with Crippen LogP contribution in [0.15, 0.2) is 72.0 Å². The predicted molar refractivity (Wildman–Crippen MR) is 162 cm³/mol. The maximum Gasteiger partial charge on any atom is 0.573 e. The molecular formula is C30H24F6N6O4S. The lowest BCUT2D eigenvalue weighted by Crippen LogP contribution is -2.33. The van der Waals surface area contributed by atoms with Gasteiger partial charge >= 0.3 is 18.6 Å². The number of nitrogens with one attached hydrogen (secondary N) is 1. The molecule has 1 unspecified atom stereocenters. The topological polar surface area (TPSA) is 111 Å². The number of hydrogen-bond acceptors (Lipinski definition) is 7. The summed E-state index contributed by atoms with van der Waals surface area (Å²) in [6.45, 7) is 3.35. The number of carbonyl (C=O) groups excluding carboxylic acids is 2. The van der Waals surface area contributed by atoms with E-state index < -0.39 is 30.6 Å². The van der Waals surface area contributed by atoms with Crippen LogP contribution in [0.4, 0.5) is 42.5 Å². The number of urea groups is 1. The summed E-state index contributed by atoms with van der Waals surface area (Å²) in [7, 11) is 0.916. The summed E-state index contributed by atoms with van der Waals surface area (Å²) in [5.41, 5.74) is 2.14. The molecule has 246 valence electrons. The van der Waals surface area contributed by atoms with Crippen LogP contribution in [0.25, 0.3) is 17.1 Å². The second-order valence-electron chi connectivity index (χ2n) is 10.1. The van der Waals surface area contributed by atoms with Gasteiger partial charge in [-0.3, -0.25) is 9.69 Å². The maximum atomic E-state index is 13.8. The van der Waals surface area contributed by atoms with Crippen molar-refractivity contribution in [2.45, 2.75) is 32.5 Å². The monoisotopic (exact) mass is 678 g/mol. The van der Waals surface area contributed by atoms with Gasteiger partial charge in [-0.15, -0.1) is 18.3 Å². The van der Waals surface area contributed by atoms with Gasteiger partial charge in [0.15, 0.2) is 17.1 Å². The molecule has 10 nitrogen and oxygen atoms in total. The van der Waals surface area contributed by atoms with Crippen molar-refractivity contribution in [3.05, 3.63) is 83.7 Å². The minimum absolute atomic E-state index is 0.0888. The Morgan fingerprint density at radius 3 is 2.38 bits per heavy atom. The first-order valence-electron chi connectivity index (χ1n) is 13.6. The van der Waals surface area contributed by atoms with Gasteiger partial charge in [-0.05, 0) is 73.5 Å². The molecular weight excluding hydrogens is 654 g/mol. The standard InChI is InChI=1S/C30H24F6N6O4S/c1-16-4-10-21(25(45-3)29(31,32)33)23(12-16)42-24(43)14-47-28(42)39-27(44)38-22-11-7-19(13-17(22)2)41-15-37-26(40-41)18-5-8-20(9-6-18)46-30(34,35)36/h4-13,15,25H,14H2,1-3H3,(H,38,44)/b39-28-. The molecule has 1 atom stereocenters. The molecule has 3 aromatic carbocycles. The van der Waals surface area contributed by atoms with Crippen molar-refractivity contribution in [3.8, 4) is 22.8 Å². The van der Waals surface area contributed by atoms with Crippen LogP contribution in [0.1, 0.15) is 22.8 Å². The van der Waals surface area contributed by atoms with Crippen LogP contribution in [0.2, 0.25) is 0 Å². The first kappa shape index (κ1) is 33.5. The Balaban J connectivity index is 1.33. The molecule has 5 rings (SSSR count). The van der Waals surface area contributed by atoms with Crippen molar-refractivity contribution in [3.63, 3.8) is 0 Å². The number of aryl methyl sites for hydroxylation is 2. The molecule has 17 heteroatoms. The largest absolute Gasteiger partial charge is 0.573 e. The zero-order valence-electron chi connectivity index (χ0n) is 24.7. The van der Waals surface area contributed by atoms with Gasteiger partial charge in [-0.25, -0.2) is 14.5 Å². The fourth-order valence-electron chi connectivity index (χ4n) is 4.67. The lowest BCUT2D eigenvalue weighted by Gasteiger charge is -2.26. The van der Waals surface area contributed by atoms with Crippen LogP contribution in [-0.4, -0.2) is 57.3 Å². The minimum Gasteiger partial charge on any atom is -0.406 e. The zero-order valence-corrected chi connectivity index (χ0v) is 25.5. The van der Waals surface area contributed by atoms with Crippen LogP contribution in [0.3, 0.4) is 0 Å². The number of aromatic nitrogens is 3. The molecule has 2 heterocycles. The van der Waals surface area contributed by atoms with E-state index in [9.17, 15) is 35.9 Å². The lowest BCUT2D eigenvalue weighted by molar-refractivity contribution is -0.274. The van der Waals surface area contributed by atoms with Crippen molar-refractivity contribution < 1.29 is 45.4 Å². The van der Waals surface area contributed by atoms with E-state index in [0.29, 0.717) is 28.1 Å². The van der Waals surface area contributed by atoms with Crippen LogP contribution in [0.5, 0.6) is 5.75 Å². The van der Waals surface area contributed by atoms with Gasteiger partial charge in [0, 0.05) is 23.9 Å². The summed E-state index contributed by atoms with van der Waals surface area (Å²) in [5.74, 6) is -0.830. The van der Waals surface area contributed by atoms with Gasteiger partial charge < -0.3 is 14.8 Å². The van der Waals surface area contributed by atoms with Crippen LogP contribution in [0, 0.1) is 13.8 Å². The van der Waals surface area contributed by atoms with E-state index >= 15 is 0 Å². The van der Waals surface area contributed by atoms with Gasteiger partial charge in [-0.2, -0.15) is 18.2 Å². The van der Waals surface area contributed by atoms with Gasteiger partial charge in [0.25, 0.3) is 0 Å². The van der Waals surface area contributed by atoms with E-state index in [-0.39, 0.29) is 33.7 Å². The third-order valence-corrected chi connectivity index (χ3v) is 7.68. The zero-order chi connectivity index (χ0) is 34.1. The summed E-state index contributed by atoms with van der Waals surface area (Å²) in [5, 5.41) is 6.88. The van der Waals surface area contributed by atoms with Gasteiger partial charge in [0.2, 0.25) is 5.91 Å². The van der Waals surface area contributed by atoms with Gasteiger partial charge in [0.05, 0.1) is 17.1 Å². The molecule has 0 bridgehead atoms. The summed E-state index contributed by atoms with van der Waals surface area (Å²) in [6, 6.07) is 13.2. The highest BCUT2D eigenvalue weighted by atomic mass is 32.2. The maximum absolute atomic E-state index is 13.8. The fraction of sp³-hybridized carbons (Fsp3) is 0.233. The molecule has 1 N–H and O–H groups in total. The number of amides is 3. The van der Waals surface area contributed by atoms with Gasteiger partial charge in [-0.1, -0.05) is 23.9 Å². The van der Waals surface area contributed by atoms with Gasteiger partial charge in [0.1, 0.15) is 12.1 Å². The van der Waals surface area contributed by atoms with E-state index in [2.05, 4.69) is 25.1 Å². The van der Waals surface area contributed by atoms with E-state index in [1.165, 1.54) is 41.3 Å². The number of rotatable bonds is 7. The van der Waals surface area contributed by atoms with E-state index in [0.717, 1.165) is 35.9 Å². The molecule has 1 fully saturated rings. The Bertz CT molecular complexity index is 1840. The number of nitrogens with zero attached hydrogens (tertiary/aromatic N) is 5. The summed E-state index contributed by atoms with van der Waals surface area (Å²) in [4.78, 5) is 35.0. The second-order valence-corrected chi connectivity index (χ2v) is 11.1.